The van der Waals surface area contributed by atoms with Gasteiger partial charge in [0.25, 0.3) is 0 Å². The van der Waals surface area contributed by atoms with Crippen LogP contribution in [-0.2, 0) is 0 Å². The van der Waals surface area contributed by atoms with E-state index in [1.165, 1.54) is 0 Å². The molecule has 2 aromatic rings. The number of rotatable bonds is 6. The lowest BCUT2D eigenvalue weighted by Crippen LogP contribution is -2.28. The van der Waals surface area contributed by atoms with E-state index in [-0.39, 0.29) is 12.6 Å². The van der Waals surface area contributed by atoms with Crippen LogP contribution in [0.2, 0.25) is 0 Å². The molecule has 0 radical (unpaired) electrons. The lowest BCUT2D eigenvalue weighted by atomic mass is 10.0. The van der Waals surface area contributed by atoms with Crippen LogP contribution in [0.15, 0.2) is 54.6 Å². The molecule has 2 aromatic carbocycles. The molecule has 2 rings (SSSR count). The fraction of sp³-hybridized carbons (Fsp3) is 0.235. The van der Waals surface area contributed by atoms with Crippen LogP contribution in [-0.4, -0.2) is 18.8 Å². The quantitative estimate of drug-likeness (QED) is 0.854. The van der Waals surface area contributed by atoms with Crippen LogP contribution in [0.1, 0.15) is 23.2 Å². The normalized spacial score (nSPS) is 13.2. The SMILES string of the molecule is COc1ccc([C@@H](C#N)N[C@@H](CO)c2ccccc2)cc1. The second kappa shape index (κ2) is 7.44. The van der Waals surface area contributed by atoms with E-state index in [1.807, 2.05) is 54.6 Å². The molecule has 2 atom stereocenters. The molecule has 0 aliphatic carbocycles. The molecule has 0 aromatic heterocycles. The van der Waals surface area contributed by atoms with Crippen molar-refractivity contribution in [2.45, 2.75) is 12.1 Å². The summed E-state index contributed by atoms with van der Waals surface area (Å²) in [4.78, 5) is 0. The molecule has 21 heavy (non-hydrogen) atoms. The number of aliphatic hydroxyl groups excluding tert-OH is 1. The van der Waals surface area contributed by atoms with Gasteiger partial charge in [-0.15, -0.1) is 0 Å². The highest BCUT2D eigenvalue weighted by molar-refractivity contribution is 5.32. The maximum absolute atomic E-state index is 9.56. The van der Waals surface area contributed by atoms with Crippen molar-refractivity contribution in [1.82, 2.24) is 5.32 Å². The Morgan fingerprint density at radius 1 is 1.10 bits per heavy atom. The van der Waals surface area contributed by atoms with Crippen LogP contribution in [0.5, 0.6) is 5.75 Å². The molecule has 0 aliphatic rings. The second-order valence-corrected chi connectivity index (χ2v) is 4.65. The van der Waals surface area contributed by atoms with E-state index >= 15 is 0 Å². The van der Waals surface area contributed by atoms with Gasteiger partial charge in [0.15, 0.2) is 0 Å². The number of ether oxygens (including phenoxy) is 1. The molecule has 0 saturated carbocycles. The number of methoxy groups -OCH3 is 1. The van der Waals surface area contributed by atoms with Crippen molar-refractivity contribution in [3.05, 3.63) is 65.7 Å². The Kier molecular flexibility index (Phi) is 5.33. The number of aliphatic hydroxyl groups is 1. The molecule has 0 saturated heterocycles. The molecule has 0 fully saturated rings. The minimum Gasteiger partial charge on any atom is -0.497 e. The highest BCUT2D eigenvalue weighted by atomic mass is 16.5. The first-order chi connectivity index (χ1) is 10.3. The van der Waals surface area contributed by atoms with Gasteiger partial charge in [0, 0.05) is 0 Å². The van der Waals surface area contributed by atoms with Gasteiger partial charge in [-0.1, -0.05) is 42.5 Å². The number of nitrogens with one attached hydrogen (secondary N) is 1. The summed E-state index contributed by atoms with van der Waals surface area (Å²) < 4.78 is 5.11. The maximum Gasteiger partial charge on any atom is 0.121 e. The zero-order valence-corrected chi connectivity index (χ0v) is 11.9. The average Bonchev–Trinajstić information content (AvgIpc) is 2.57. The Balaban J connectivity index is 2.15. The summed E-state index contributed by atoms with van der Waals surface area (Å²) in [6.45, 7) is -0.0711. The van der Waals surface area contributed by atoms with Crippen LogP contribution in [0.3, 0.4) is 0 Å². The smallest absolute Gasteiger partial charge is 0.121 e. The summed E-state index contributed by atoms with van der Waals surface area (Å²) in [6.07, 6.45) is 0. The van der Waals surface area contributed by atoms with Crippen molar-refractivity contribution in [2.24, 2.45) is 0 Å². The molecule has 4 nitrogen and oxygen atoms in total. The Labute approximate surface area is 124 Å². The fourth-order valence-corrected chi connectivity index (χ4v) is 2.15. The Morgan fingerprint density at radius 3 is 2.29 bits per heavy atom. The minimum atomic E-state index is -0.492. The molecule has 4 heteroatoms. The predicted molar refractivity (Wildman–Crippen MR) is 80.8 cm³/mol. The Bertz CT molecular complexity index is 590. The fourth-order valence-electron chi connectivity index (χ4n) is 2.15. The lowest BCUT2D eigenvalue weighted by Gasteiger charge is -2.21. The van der Waals surface area contributed by atoms with Crippen molar-refractivity contribution in [2.75, 3.05) is 13.7 Å². The zero-order chi connectivity index (χ0) is 15.1. The topological polar surface area (TPSA) is 65.3 Å². The van der Waals surface area contributed by atoms with E-state index in [9.17, 15) is 10.4 Å². The van der Waals surface area contributed by atoms with Gasteiger partial charge in [0.05, 0.1) is 25.8 Å². The number of nitriles is 1. The second-order valence-electron chi connectivity index (χ2n) is 4.65. The monoisotopic (exact) mass is 282 g/mol. The molecule has 2 N–H and O–H groups in total. The van der Waals surface area contributed by atoms with E-state index in [0.29, 0.717) is 0 Å². The molecule has 0 unspecified atom stereocenters. The van der Waals surface area contributed by atoms with E-state index in [1.54, 1.807) is 7.11 Å². The number of nitrogens with zero attached hydrogens (tertiary/aromatic N) is 1. The average molecular weight is 282 g/mol. The van der Waals surface area contributed by atoms with Gasteiger partial charge < -0.3 is 9.84 Å². The third kappa shape index (κ3) is 3.82. The molecule has 0 aliphatic heterocycles. The standard InChI is InChI=1S/C17H18N2O2/c1-21-15-9-7-14(8-10-15)16(11-18)19-17(12-20)13-5-3-2-4-6-13/h2-10,16-17,19-20H,12H2,1H3/t16-,17+/m1/s1. The highest BCUT2D eigenvalue weighted by Crippen LogP contribution is 2.21. The molecular formula is C17H18N2O2. The molecule has 0 bridgehead atoms. The molecule has 0 amide bonds. The molecule has 0 heterocycles. The summed E-state index contributed by atoms with van der Waals surface area (Å²) in [7, 11) is 1.60. The number of hydrogen-bond donors (Lipinski definition) is 2. The summed E-state index contributed by atoms with van der Waals surface area (Å²) in [5.41, 5.74) is 1.79. The van der Waals surface area contributed by atoms with Crippen LogP contribution < -0.4 is 10.1 Å². The zero-order valence-electron chi connectivity index (χ0n) is 11.9. The summed E-state index contributed by atoms with van der Waals surface area (Å²) >= 11 is 0. The summed E-state index contributed by atoms with van der Waals surface area (Å²) in [5, 5.41) is 22.1. The van der Waals surface area contributed by atoms with E-state index in [0.717, 1.165) is 16.9 Å². The van der Waals surface area contributed by atoms with Crippen LogP contribution in [0.4, 0.5) is 0 Å². The summed E-state index contributed by atoms with van der Waals surface area (Å²) in [6, 6.07) is 18.4. The van der Waals surface area contributed by atoms with Gasteiger partial charge in [-0.3, -0.25) is 5.32 Å². The van der Waals surface area contributed by atoms with Gasteiger partial charge >= 0.3 is 0 Å². The van der Waals surface area contributed by atoms with Gasteiger partial charge in [-0.2, -0.15) is 5.26 Å². The van der Waals surface area contributed by atoms with E-state index in [4.69, 9.17) is 4.74 Å². The van der Waals surface area contributed by atoms with Crippen molar-refractivity contribution in [3.63, 3.8) is 0 Å². The van der Waals surface area contributed by atoms with E-state index < -0.39 is 6.04 Å². The van der Waals surface area contributed by atoms with Crippen molar-refractivity contribution in [3.8, 4) is 11.8 Å². The van der Waals surface area contributed by atoms with Crippen molar-refractivity contribution in [1.29, 1.82) is 5.26 Å². The third-order valence-corrected chi connectivity index (χ3v) is 3.33. The lowest BCUT2D eigenvalue weighted by molar-refractivity contribution is 0.239. The van der Waals surface area contributed by atoms with E-state index in [2.05, 4.69) is 11.4 Å². The van der Waals surface area contributed by atoms with Crippen LogP contribution in [0, 0.1) is 11.3 Å². The van der Waals surface area contributed by atoms with Gasteiger partial charge in [0.1, 0.15) is 11.8 Å². The van der Waals surface area contributed by atoms with Crippen molar-refractivity contribution >= 4 is 0 Å². The first-order valence-electron chi connectivity index (χ1n) is 6.74. The predicted octanol–water partition coefficient (Wildman–Crippen LogP) is 2.58. The largest absolute Gasteiger partial charge is 0.497 e. The first-order valence-corrected chi connectivity index (χ1v) is 6.74. The summed E-state index contributed by atoms with van der Waals surface area (Å²) in [5.74, 6) is 0.747. The highest BCUT2D eigenvalue weighted by Gasteiger charge is 2.17. The maximum atomic E-state index is 9.56. The number of benzene rings is 2. The molecule has 108 valence electrons. The number of hydrogen-bond acceptors (Lipinski definition) is 4. The molecular weight excluding hydrogens is 264 g/mol. The Morgan fingerprint density at radius 2 is 1.76 bits per heavy atom. The van der Waals surface area contributed by atoms with Gasteiger partial charge in [-0.05, 0) is 23.3 Å². The first kappa shape index (κ1) is 15.0. The van der Waals surface area contributed by atoms with Gasteiger partial charge in [0.2, 0.25) is 0 Å². The Hall–Kier alpha value is -2.35. The van der Waals surface area contributed by atoms with Gasteiger partial charge in [-0.25, -0.2) is 0 Å². The third-order valence-electron chi connectivity index (χ3n) is 3.33. The van der Waals surface area contributed by atoms with Crippen molar-refractivity contribution < 1.29 is 9.84 Å². The minimum absolute atomic E-state index is 0.0711. The van der Waals surface area contributed by atoms with Crippen LogP contribution >= 0.6 is 0 Å². The molecule has 0 spiro atoms. The van der Waals surface area contributed by atoms with Crippen LogP contribution in [0.25, 0.3) is 0 Å².